The van der Waals surface area contributed by atoms with Gasteiger partial charge in [-0.2, -0.15) is 0 Å². The zero-order chi connectivity index (χ0) is 13.1. The molecule has 0 saturated heterocycles. The first-order chi connectivity index (χ1) is 8.58. The summed E-state index contributed by atoms with van der Waals surface area (Å²) in [7, 11) is 0. The molecule has 0 aliphatic carbocycles. The zero-order valence-corrected chi connectivity index (χ0v) is 11.5. The molecule has 2 rings (SSSR count). The van der Waals surface area contributed by atoms with Gasteiger partial charge in [-0.25, -0.2) is 0 Å². The Morgan fingerprint density at radius 3 is 2.50 bits per heavy atom. The number of carbonyl (C=O) groups is 1. The molecule has 0 saturated carbocycles. The van der Waals surface area contributed by atoms with Crippen molar-refractivity contribution in [3.63, 3.8) is 0 Å². The van der Waals surface area contributed by atoms with Crippen LogP contribution in [0.2, 0.25) is 5.02 Å². The number of carboxylic acid groups (broad SMARTS) is 1. The third kappa shape index (κ3) is 2.92. The third-order valence-corrected chi connectivity index (χ3v) is 4.23. The molecule has 0 aliphatic rings. The van der Waals surface area contributed by atoms with E-state index in [2.05, 4.69) is 0 Å². The largest absolute Gasteiger partial charge is 0.481 e. The molecule has 1 aromatic heterocycles. The van der Waals surface area contributed by atoms with Crippen molar-refractivity contribution < 1.29 is 9.90 Å². The maximum Gasteiger partial charge on any atom is 0.311 e. The molecule has 0 spiro atoms. The highest BCUT2D eigenvalue weighted by atomic mass is 35.5. The average molecular weight is 281 g/mol. The summed E-state index contributed by atoms with van der Waals surface area (Å²) in [4.78, 5) is 12.5. The fourth-order valence-electron chi connectivity index (χ4n) is 1.84. The van der Waals surface area contributed by atoms with Gasteiger partial charge in [0.15, 0.2) is 0 Å². The second kappa shape index (κ2) is 5.55. The molecular weight excluding hydrogens is 268 g/mol. The molecule has 2 nitrogen and oxygen atoms in total. The highest BCUT2D eigenvalue weighted by Crippen LogP contribution is 2.27. The fraction of sp³-hybridized carbons (Fsp3) is 0.214. The summed E-state index contributed by atoms with van der Waals surface area (Å²) in [6, 6.07) is 9.04. The quantitative estimate of drug-likeness (QED) is 0.915. The van der Waals surface area contributed by atoms with Crippen LogP contribution in [0, 0.1) is 6.92 Å². The molecule has 0 amide bonds. The van der Waals surface area contributed by atoms with Crippen molar-refractivity contribution in [3.8, 4) is 0 Å². The second-order valence-corrected chi connectivity index (χ2v) is 5.61. The van der Waals surface area contributed by atoms with Gasteiger partial charge in [0, 0.05) is 9.90 Å². The van der Waals surface area contributed by atoms with Crippen molar-refractivity contribution in [1.82, 2.24) is 0 Å². The minimum atomic E-state index is -0.801. The van der Waals surface area contributed by atoms with Crippen molar-refractivity contribution in [1.29, 1.82) is 0 Å². The lowest BCUT2D eigenvalue weighted by molar-refractivity contribution is -0.138. The molecule has 0 bridgehead atoms. The Morgan fingerprint density at radius 2 is 2.00 bits per heavy atom. The summed E-state index contributed by atoms with van der Waals surface area (Å²) in [5, 5.41) is 12.0. The van der Waals surface area contributed by atoms with E-state index in [0.29, 0.717) is 11.4 Å². The van der Waals surface area contributed by atoms with Gasteiger partial charge in [0.25, 0.3) is 0 Å². The minimum Gasteiger partial charge on any atom is -0.481 e. The Hall–Kier alpha value is -1.32. The molecule has 4 heteroatoms. The zero-order valence-electron chi connectivity index (χ0n) is 9.89. The van der Waals surface area contributed by atoms with Gasteiger partial charge in [0.1, 0.15) is 0 Å². The van der Waals surface area contributed by atoms with Crippen LogP contribution >= 0.6 is 22.9 Å². The Balaban J connectivity index is 2.27. The number of hydrogen-bond acceptors (Lipinski definition) is 2. The smallest absolute Gasteiger partial charge is 0.311 e. The Labute approximate surface area is 115 Å². The standard InChI is InChI=1S/C14H13ClO2S/c1-9-6-7-18-13(9)8-12(14(16)17)10-2-4-11(15)5-3-10/h2-7,12H,8H2,1H3,(H,16,17). The Bertz CT molecular complexity index is 545. The first kappa shape index (κ1) is 13.1. The van der Waals surface area contributed by atoms with Gasteiger partial charge in [-0.15, -0.1) is 11.3 Å². The van der Waals surface area contributed by atoms with Crippen LogP contribution in [-0.4, -0.2) is 11.1 Å². The lowest BCUT2D eigenvalue weighted by atomic mass is 9.94. The summed E-state index contributed by atoms with van der Waals surface area (Å²) in [5.74, 6) is -1.32. The molecule has 1 N–H and O–H groups in total. The normalized spacial score (nSPS) is 12.3. The Kier molecular flexibility index (Phi) is 4.04. The molecule has 1 unspecified atom stereocenters. The van der Waals surface area contributed by atoms with Crippen LogP contribution in [-0.2, 0) is 11.2 Å². The first-order valence-corrected chi connectivity index (χ1v) is 6.85. The minimum absolute atomic E-state index is 0.514. The molecule has 0 radical (unpaired) electrons. The number of aliphatic carboxylic acids is 1. The number of hydrogen-bond donors (Lipinski definition) is 1. The molecule has 0 aliphatic heterocycles. The maximum absolute atomic E-state index is 11.4. The van der Waals surface area contributed by atoms with E-state index in [4.69, 9.17) is 11.6 Å². The average Bonchev–Trinajstić information content (AvgIpc) is 2.73. The molecule has 1 aromatic carbocycles. The molecule has 18 heavy (non-hydrogen) atoms. The number of carboxylic acids is 1. The summed E-state index contributed by atoms with van der Waals surface area (Å²) in [5.41, 5.74) is 1.94. The lowest BCUT2D eigenvalue weighted by Crippen LogP contribution is -2.14. The van der Waals surface area contributed by atoms with Gasteiger partial charge in [0.05, 0.1) is 5.92 Å². The highest BCUT2D eigenvalue weighted by molar-refractivity contribution is 7.10. The van der Waals surface area contributed by atoms with E-state index < -0.39 is 11.9 Å². The van der Waals surface area contributed by atoms with Gasteiger partial charge in [-0.05, 0) is 48.1 Å². The van der Waals surface area contributed by atoms with Crippen LogP contribution in [0.1, 0.15) is 21.9 Å². The maximum atomic E-state index is 11.4. The third-order valence-electron chi connectivity index (χ3n) is 2.93. The SMILES string of the molecule is Cc1ccsc1CC(C(=O)O)c1ccc(Cl)cc1. The molecule has 94 valence electrons. The summed E-state index contributed by atoms with van der Waals surface area (Å²) >= 11 is 7.42. The second-order valence-electron chi connectivity index (χ2n) is 4.17. The van der Waals surface area contributed by atoms with Crippen LogP contribution in [0.25, 0.3) is 0 Å². The Morgan fingerprint density at radius 1 is 1.33 bits per heavy atom. The van der Waals surface area contributed by atoms with Gasteiger partial charge >= 0.3 is 5.97 Å². The predicted octanol–water partition coefficient (Wildman–Crippen LogP) is 4.12. The predicted molar refractivity (Wildman–Crippen MR) is 74.6 cm³/mol. The van der Waals surface area contributed by atoms with E-state index in [-0.39, 0.29) is 0 Å². The van der Waals surface area contributed by atoms with Crippen molar-refractivity contribution >= 4 is 28.9 Å². The van der Waals surface area contributed by atoms with Crippen LogP contribution in [0.4, 0.5) is 0 Å². The van der Waals surface area contributed by atoms with Crippen molar-refractivity contribution in [2.24, 2.45) is 0 Å². The van der Waals surface area contributed by atoms with E-state index in [0.717, 1.165) is 16.0 Å². The number of rotatable bonds is 4. The fourth-order valence-corrected chi connectivity index (χ4v) is 2.92. The number of benzene rings is 1. The van der Waals surface area contributed by atoms with Crippen LogP contribution < -0.4 is 0 Å². The van der Waals surface area contributed by atoms with E-state index in [9.17, 15) is 9.90 Å². The van der Waals surface area contributed by atoms with Crippen LogP contribution in [0.5, 0.6) is 0 Å². The first-order valence-electron chi connectivity index (χ1n) is 5.59. The lowest BCUT2D eigenvalue weighted by Gasteiger charge is -2.12. The van der Waals surface area contributed by atoms with E-state index in [1.54, 1.807) is 35.6 Å². The van der Waals surface area contributed by atoms with E-state index in [1.807, 2.05) is 18.4 Å². The van der Waals surface area contributed by atoms with Gasteiger partial charge in [-0.1, -0.05) is 23.7 Å². The number of thiophene rings is 1. The molecule has 1 atom stereocenters. The summed E-state index contributed by atoms with van der Waals surface area (Å²) in [6.45, 7) is 2.01. The van der Waals surface area contributed by atoms with Gasteiger partial charge < -0.3 is 5.11 Å². The molecule has 2 aromatic rings. The summed E-state index contributed by atoms with van der Waals surface area (Å²) in [6.07, 6.45) is 0.528. The van der Waals surface area contributed by atoms with E-state index >= 15 is 0 Å². The summed E-state index contributed by atoms with van der Waals surface area (Å²) < 4.78 is 0. The van der Waals surface area contributed by atoms with Crippen LogP contribution in [0.3, 0.4) is 0 Å². The molecular formula is C14H13ClO2S. The van der Waals surface area contributed by atoms with Crippen LogP contribution in [0.15, 0.2) is 35.7 Å². The molecule has 1 heterocycles. The van der Waals surface area contributed by atoms with E-state index in [1.165, 1.54) is 0 Å². The van der Waals surface area contributed by atoms with Gasteiger partial charge in [-0.3, -0.25) is 4.79 Å². The van der Waals surface area contributed by atoms with Gasteiger partial charge in [0.2, 0.25) is 0 Å². The topological polar surface area (TPSA) is 37.3 Å². The monoisotopic (exact) mass is 280 g/mol. The van der Waals surface area contributed by atoms with Crippen molar-refractivity contribution in [2.75, 3.05) is 0 Å². The van der Waals surface area contributed by atoms with Crippen molar-refractivity contribution in [3.05, 3.63) is 56.7 Å². The number of aryl methyl sites for hydroxylation is 1. The highest BCUT2D eigenvalue weighted by Gasteiger charge is 2.21. The van der Waals surface area contributed by atoms with Crippen molar-refractivity contribution in [2.45, 2.75) is 19.3 Å². The number of halogens is 1. The molecule has 0 fully saturated rings.